The van der Waals surface area contributed by atoms with Gasteiger partial charge in [0.05, 0.1) is 26.4 Å². The molecule has 3 heterocycles. The van der Waals surface area contributed by atoms with Crippen LogP contribution in [0.1, 0.15) is 12.0 Å². The quantitative estimate of drug-likeness (QED) is 0.478. The highest BCUT2D eigenvalue weighted by atomic mass is 32.1. The van der Waals surface area contributed by atoms with Crippen molar-refractivity contribution >= 4 is 34.9 Å². The highest BCUT2D eigenvalue weighted by Crippen LogP contribution is 2.23. The molecule has 0 amide bonds. The standard InChI is InChI=1S/C22H29FN6O2S/c23-18-5-3-17(4-6-18)2-1-7-24-22(32)27-21-25-19(28-8-12-30-13-9-28)16-20(26-21)29-10-14-31-15-11-29/h3-6,16H,1-2,7-15H2,(H2,24,25,26,27,32). The number of benzene rings is 1. The Labute approximate surface area is 193 Å². The number of ether oxygens (including phenoxy) is 2. The van der Waals surface area contributed by atoms with Crippen molar-refractivity contribution in [1.82, 2.24) is 15.3 Å². The molecule has 32 heavy (non-hydrogen) atoms. The Hall–Kier alpha value is -2.56. The van der Waals surface area contributed by atoms with Crippen LogP contribution in [0, 0.1) is 5.82 Å². The number of halogens is 1. The fourth-order valence-electron chi connectivity index (χ4n) is 3.68. The zero-order valence-electron chi connectivity index (χ0n) is 18.1. The summed E-state index contributed by atoms with van der Waals surface area (Å²) in [6.07, 6.45) is 1.72. The highest BCUT2D eigenvalue weighted by molar-refractivity contribution is 7.80. The van der Waals surface area contributed by atoms with Gasteiger partial charge in [-0.2, -0.15) is 9.97 Å². The van der Waals surface area contributed by atoms with Gasteiger partial charge in [-0.25, -0.2) is 4.39 Å². The number of aryl methyl sites for hydroxylation is 1. The number of anilines is 3. The van der Waals surface area contributed by atoms with Crippen LogP contribution in [0.2, 0.25) is 0 Å². The van der Waals surface area contributed by atoms with E-state index in [-0.39, 0.29) is 5.82 Å². The van der Waals surface area contributed by atoms with Gasteiger partial charge in [0, 0.05) is 38.8 Å². The maximum Gasteiger partial charge on any atom is 0.232 e. The molecular weight excluding hydrogens is 431 g/mol. The van der Waals surface area contributed by atoms with E-state index in [2.05, 4.69) is 20.4 Å². The number of rotatable bonds is 7. The van der Waals surface area contributed by atoms with Crippen molar-refractivity contribution in [3.05, 3.63) is 41.7 Å². The van der Waals surface area contributed by atoms with Gasteiger partial charge in [0.1, 0.15) is 17.5 Å². The molecule has 0 radical (unpaired) electrons. The first kappa shape index (κ1) is 22.6. The van der Waals surface area contributed by atoms with E-state index in [9.17, 15) is 4.39 Å². The summed E-state index contributed by atoms with van der Waals surface area (Å²) in [4.78, 5) is 13.8. The first-order chi connectivity index (χ1) is 15.7. The van der Waals surface area contributed by atoms with E-state index in [4.69, 9.17) is 31.7 Å². The molecule has 2 fully saturated rings. The lowest BCUT2D eigenvalue weighted by Crippen LogP contribution is -2.39. The lowest BCUT2D eigenvalue weighted by atomic mass is 10.1. The van der Waals surface area contributed by atoms with Gasteiger partial charge in [-0.3, -0.25) is 0 Å². The molecule has 0 bridgehead atoms. The summed E-state index contributed by atoms with van der Waals surface area (Å²) in [5, 5.41) is 6.83. The second kappa shape index (κ2) is 11.3. The maximum absolute atomic E-state index is 13.0. The Bertz CT molecular complexity index is 852. The van der Waals surface area contributed by atoms with Crippen LogP contribution >= 0.6 is 12.2 Å². The summed E-state index contributed by atoms with van der Waals surface area (Å²) in [6.45, 7) is 6.64. The molecule has 4 rings (SSSR count). The minimum atomic E-state index is -0.215. The van der Waals surface area contributed by atoms with E-state index < -0.39 is 0 Å². The first-order valence-corrected chi connectivity index (χ1v) is 11.4. The van der Waals surface area contributed by atoms with E-state index >= 15 is 0 Å². The molecule has 2 aromatic rings. The summed E-state index contributed by atoms with van der Waals surface area (Å²) in [7, 11) is 0. The predicted octanol–water partition coefficient (Wildman–Crippen LogP) is 2.21. The average molecular weight is 461 g/mol. The third-order valence-corrected chi connectivity index (χ3v) is 5.68. The number of aromatic nitrogens is 2. The van der Waals surface area contributed by atoms with Gasteiger partial charge >= 0.3 is 0 Å². The zero-order valence-corrected chi connectivity index (χ0v) is 18.9. The molecule has 2 N–H and O–H groups in total. The van der Waals surface area contributed by atoms with Crippen molar-refractivity contribution < 1.29 is 13.9 Å². The topological polar surface area (TPSA) is 74.8 Å². The van der Waals surface area contributed by atoms with Crippen molar-refractivity contribution in [2.75, 3.05) is 74.3 Å². The van der Waals surface area contributed by atoms with Gasteiger partial charge in [0.2, 0.25) is 5.95 Å². The number of hydrogen-bond acceptors (Lipinski definition) is 7. The molecule has 0 atom stereocenters. The van der Waals surface area contributed by atoms with Crippen LogP contribution in [0.15, 0.2) is 30.3 Å². The van der Waals surface area contributed by atoms with Crippen LogP contribution in [-0.4, -0.2) is 74.2 Å². The van der Waals surface area contributed by atoms with Crippen molar-refractivity contribution in [3.8, 4) is 0 Å². The number of thiocarbonyl (C=S) groups is 1. The van der Waals surface area contributed by atoms with E-state index in [1.165, 1.54) is 12.1 Å². The van der Waals surface area contributed by atoms with Gasteiger partial charge in [-0.1, -0.05) is 12.1 Å². The van der Waals surface area contributed by atoms with Gasteiger partial charge < -0.3 is 29.9 Å². The van der Waals surface area contributed by atoms with Gasteiger partial charge in [0.25, 0.3) is 0 Å². The largest absolute Gasteiger partial charge is 0.378 e. The molecule has 0 saturated carbocycles. The molecule has 2 aliphatic rings. The van der Waals surface area contributed by atoms with E-state index in [0.29, 0.717) is 44.0 Å². The molecule has 0 unspecified atom stereocenters. The fraction of sp³-hybridized carbons (Fsp3) is 0.500. The van der Waals surface area contributed by atoms with Crippen LogP contribution in [0.25, 0.3) is 0 Å². The Morgan fingerprint density at radius 3 is 2.06 bits per heavy atom. The molecule has 0 aliphatic carbocycles. The normalized spacial score (nSPS) is 16.7. The summed E-state index contributed by atoms with van der Waals surface area (Å²) in [5.74, 6) is 2.00. The second-order valence-corrected chi connectivity index (χ2v) is 8.13. The number of hydrogen-bond donors (Lipinski definition) is 2. The summed E-state index contributed by atoms with van der Waals surface area (Å²) < 4.78 is 24.0. The summed E-state index contributed by atoms with van der Waals surface area (Å²) in [5.41, 5.74) is 1.10. The number of nitrogens with one attached hydrogen (secondary N) is 2. The Morgan fingerprint density at radius 2 is 1.50 bits per heavy atom. The van der Waals surface area contributed by atoms with Crippen LogP contribution < -0.4 is 20.4 Å². The molecule has 172 valence electrons. The average Bonchev–Trinajstić information content (AvgIpc) is 2.84. The molecule has 10 heteroatoms. The third kappa shape index (κ3) is 6.47. The van der Waals surface area contributed by atoms with E-state index in [1.807, 2.05) is 18.2 Å². The summed E-state index contributed by atoms with van der Waals surface area (Å²) >= 11 is 5.46. The lowest BCUT2D eigenvalue weighted by Gasteiger charge is -2.31. The third-order valence-electron chi connectivity index (χ3n) is 5.44. The molecule has 2 aliphatic heterocycles. The zero-order chi connectivity index (χ0) is 22.2. The molecular formula is C22H29FN6O2S. The molecule has 1 aromatic heterocycles. The second-order valence-electron chi connectivity index (χ2n) is 7.72. The maximum atomic E-state index is 13.0. The Balaban J connectivity index is 1.36. The minimum absolute atomic E-state index is 0.215. The SMILES string of the molecule is Fc1ccc(CCCNC(=S)Nc2nc(N3CCOCC3)cc(N3CCOCC3)n2)cc1. The predicted molar refractivity (Wildman–Crippen MR) is 127 cm³/mol. The van der Waals surface area contributed by atoms with Gasteiger partial charge in [-0.15, -0.1) is 0 Å². The van der Waals surface area contributed by atoms with Gasteiger partial charge in [0.15, 0.2) is 5.11 Å². The number of nitrogens with zero attached hydrogens (tertiary/aromatic N) is 4. The lowest BCUT2D eigenvalue weighted by molar-refractivity contribution is 0.122. The van der Waals surface area contributed by atoms with Crippen molar-refractivity contribution in [2.24, 2.45) is 0 Å². The molecule has 2 saturated heterocycles. The van der Waals surface area contributed by atoms with Crippen molar-refractivity contribution in [2.45, 2.75) is 12.8 Å². The molecule has 1 aromatic carbocycles. The van der Waals surface area contributed by atoms with E-state index in [0.717, 1.165) is 56.2 Å². The van der Waals surface area contributed by atoms with Crippen LogP contribution in [0.5, 0.6) is 0 Å². The van der Waals surface area contributed by atoms with Crippen LogP contribution in [0.4, 0.5) is 22.0 Å². The highest BCUT2D eigenvalue weighted by Gasteiger charge is 2.19. The minimum Gasteiger partial charge on any atom is -0.378 e. The molecule has 0 spiro atoms. The fourth-order valence-corrected chi connectivity index (χ4v) is 3.87. The van der Waals surface area contributed by atoms with E-state index in [1.54, 1.807) is 0 Å². The van der Waals surface area contributed by atoms with Crippen molar-refractivity contribution in [1.29, 1.82) is 0 Å². The summed E-state index contributed by atoms with van der Waals surface area (Å²) in [6, 6.07) is 8.62. The van der Waals surface area contributed by atoms with Crippen LogP contribution in [0.3, 0.4) is 0 Å². The van der Waals surface area contributed by atoms with Gasteiger partial charge in [-0.05, 0) is 42.8 Å². The monoisotopic (exact) mass is 460 g/mol. The smallest absolute Gasteiger partial charge is 0.232 e. The Morgan fingerprint density at radius 1 is 0.938 bits per heavy atom. The Kier molecular flexibility index (Phi) is 8.02. The van der Waals surface area contributed by atoms with Crippen LogP contribution in [-0.2, 0) is 15.9 Å². The first-order valence-electron chi connectivity index (χ1n) is 11.0. The number of morpholine rings is 2. The van der Waals surface area contributed by atoms with Crippen molar-refractivity contribution in [3.63, 3.8) is 0 Å². The molecule has 8 nitrogen and oxygen atoms in total.